The zero-order chi connectivity index (χ0) is 12.7. The number of rotatable bonds is 5. The Labute approximate surface area is 99.5 Å². The van der Waals surface area contributed by atoms with Crippen LogP contribution in [0.15, 0.2) is 35.9 Å². The third-order valence-electron chi connectivity index (χ3n) is 2.06. The van der Waals surface area contributed by atoms with Gasteiger partial charge in [0.1, 0.15) is 0 Å². The first-order valence-electron chi connectivity index (χ1n) is 5.28. The maximum absolute atomic E-state index is 11.2. The minimum absolute atomic E-state index is 0.0228. The van der Waals surface area contributed by atoms with Crippen LogP contribution in [0.4, 0.5) is 0 Å². The van der Waals surface area contributed by atoms with Crippen molar-refractivity contribution in [1.82, 2.24) is 0 Å². The molecule has 1 aromatic rings. The molecule has 17 heavy (non-hydrogen) atoms. The first-order valence-corrected chi connectivity index (χ1v) is 5.28. The van der Waals surface area contributed by atoms with Crippen LogP contribution in [0.2, 0.25) is 0 Å². The Balaban J connectivity index is 2.83. The molecule has 0 saturated heterocycles. The lowest BCUT2D eigenvalue weighted by molar-refractivity contribution is -0.144. The fraction of sp³-hybridized carbons (Fsp3) is 0.231. The molecule has 0 unspecified atom stereocenters. The number of benzene rings is 1. The van der Waals surface area contributed by atoms with Crippen molar-refractivity contribution in [2.24, 2.45) is 0 Å². The number of carbonyl (C=O) groups excluding carboxylic acids is 1. The standard InChI is InChI=1S/C13H14O4/c1-2-17-12(14)9-11(13(15)16)8-10-6-4-3-5-7-10/h3-8H,2,9H2,1H3,(H,15,16)/b11-8+. The van der Waals surface area contributed by atoms with Gasteiger partial charge in [-0.15, -0.1) is 0 Å². The summed E-state index contributed by atoms with van der Waals surface area (Å²) >= 11 is 0. The molecular formula is C13H14O4. The van der Waals surface area contributed by atoms with Gasteiger partial charge in [0.15, 0.2) is 0 Å². The molecule has 0 heterocycles. The van der Waals surface area contributed by atoms with Crippen LogP contribution >= 0.6 is 0 Å². The van der Waals surface area contributed by atoms with E-state index >= 15 is 0 Å². The molecule has 0 atom stereocenters. The van der Waals surface area contributed by atoms with E-state index < -0.39 is 11.9 Å². The largest absolute Gasteiger partial charge is 0.478 e. The van der Waals surface area contributed by atoms with Gasteiger partial charge in [0.25, 0.3) is 0 Å². The molecule has 0 radical (unpaired) electrons. The molecule has 0 spiro atoms. The molecule has 0 amide bonds. The predicted octanol–water partition coefficient (Wildman–Crippen LogP) is 2.11. The van der Waals surface area contributed by atoms with Crippen molar-refractivity contribution in [3.8, 4) is 0 Å². The van der Waals surface area contributed by atoms with E-state index in [0.717, 1.165) is 5.56 Å². The normalized spacial score (nSPS) is 11.0. The molecule has 1 N–H and O–H groups in total. The van der Waals surface area contributed by atoms with E-state index in [1.807, 2.05) is 6.07 Å². The van der Waals surface area contributed by atoms with Crippen LogP contribution in [0.5, 0.6) is 0 Å². The number of carbonyl (C=O) groups is 2. The zero-order valence-electron chi connectivity index (χ0n) is 9.55. The van der Waals surface area contributed by atoms with E-state index in [1.165, 1.54) is 6.08 Å². The van der Waals surface area contributed by atoms with Crippen LogP contribution in [0.1, 0.15) is 18.9 Å². The van der Waals surface area contributed by atoms with Gasteiger partial charge in [-0.25, -0.2) is 4.79 Å². The summed E-state index contributed by atoms with van der Waals surface area (Å²) < 4.78 is 4.72. The van der Waals surface area contributed by atoms with Gasteiger partial charge in [0, 0.05) is 5.57 Å². The van der Waals surface area contributed by atoms with Crippen LogP contribution in [0.3, 0.4) is 0 Å². The Bertz CT molecular complexity index is 420. The van der Waals surface area contributed by atoms with Crippen molar-refractivity contribution >= 4 is 18.0 Å². The van der Waals surface area contributed by atoms with Crippen LogP contribution in [-0.4, -0.2) is 23.7 Å². The lowest BCUT2D eigenvalue weighted by Gasteiger charge is -2.03. The summed E-state index contributed by atoms with van der Waals surface area (Å²) in [5.74, 6) is -1.64. The molecular weight excluding hydrogens is 220 g/mol. The monoisotopic (exact) mass is 234 g/mol. The molecule has 0 saturated carbocycles. The molecule has 0 aliphatic heterocycles. The highest BCUT2D eigenvalue weighted by Crippen LogP contribution is 2.11. The molecule has 4 nitrogen and oxygen atoms in total. The second kappa shape index (κ2) is 6.48. The fourth-order valence-electron chi connectivity index (χ4n) is 1.31. The van der Waals surface area contributed by atoms with E-state index in [4.69, 9.17) is 9.84 Å². The van der Waals surface area contributed by atoms with E-state index in [0.29, 0.717) is 0 Å². The number of carboxylic acids is 1. The first-order chi connectivity index (χ1) is 8.13. The van der Waals surface area contributed by atoms with Gasteiger partial charge in [-0.3, -0.25) is 4.79 Å². The average Bonchev–Trinajstić information content (AvgIpc) is 2.29. The molecule has 90 valence electrons. The summed E-state index contributed by atoms with van der Waals surface area (Å²) in [5, 5.41) is 8.98. The number of aliphatic carboxylic acids is 1. The van der Waals surface area contributed by atoms with Crippen molar-refractivity contribution in [3.63, 3.8) is 0 Å². The third kappa shape index (κ3) is 4.51. The van der Waals surface area contributed by atoms with Crippen molar-refractivity contribution in [3.05, 3.63) is 41.5 Å². The lowest BCUT2D eigenvalue weighted by Crippen LogP contribution is -2.10. The van der Waals surface area contributed by atoms with Crippen LogP contribution in [-0.2, 0) is 14.3 Å². The van der Waals surface area contributed by atoms with Gasteiger partial charge < -0.3 is 9.84 Å². The number of ether oxygens (including phenoxy) is 1. The summed E-state index contributed by atoms with van der Waals surface area (Å²) in [7, 11) is 0. The minimum Gasteiger partial charge on any atom is -0.478 e. The highest BCUT2D eigenvalue weighted by atomic mass is 16.5. The molecule has 4 heteroatoms. The van der Waals surface area contributed by atoms with Crippen LogP contribution in [0.25, 0.3) is 6.08 Å². The summed E-state index contributed by atoms with van der Waals surface area (Å²) in [6.07, 6.45) is 1.25. The predicted molar refractivity (Wildman–Crippen MR) is 63.3 cm³/mol. The molecule has 1 aromatic carbocycles. The molecule has 0 aliphatic rings. The van der Waals surface area contributed by atoms with Crippen molar-refractivity contribution < 1.29 is 19.4 Å². The Kier molecular flexibility index (Phi) is 4.94. The number of hydrogen-bond donors (Lipinski definition) is 1. The third-order valence-corrected chi connectivity index (χ3v) is 2.06. The quantitative estimate of drug-likeness (QED) is 0.626. The number of esters is 1. The Morgan fingerprint density at radius 3 is 2.47 bits per heavy atom. The molecule has 0 fully saturated rings. The van der Waals surface area contributed by atoms with E-state index in [9.17, 15) is 9.59 Å². The molecule has 0 bridgehead atoms. The van der Waals surface area contributed by atoms with Crippen LogP contribution < -0.4 is 0 Å². The summed E-state index contributed by atoms with van der Waals surface area (Å²) in [6.45, 7) is 1.93. The van der Waals surface area contributed by atoms with Gasteiger partial charge >= 0.3 is 11.9 Å². The van der Waals surface area contributed by atoms with Gasteiger partial charge in [-0.05, 0) is 18.6 Å². The van der Waals surface area contributed by atoms with Gasteiger partial charge in [0.2, 0.25) is 0 Å². The maximum atomic E-state index is 11.2. The summed E-state index contributed by atoms with van der Waals surface area (Å²) in [5.41, 5.74) is 0.767. The lowest BCUT2D eigenvalue weighted by atomic mass is 10.1. The average molecular weight is 234 g/mol. The summed E-state index contributed by atoms with van der Waals surface area (Å²) in [4.78, 5) is 22.2. The second-order valence-corrected chi connectivity index (χ2v) is 3.37. The minimum atomic E-state index is -1.11. The first kappa shape index (κ1) is 13.0. The SMILES string of the molecule is CCOC(=O)C/C(=C\c1ccccc1)C(=O)O. The maximum Gasteiger partial charge on any atom is 0.332 e. The van der Waals surface area contributed by atoms with Crippen molar-refractivity contribution in [2.75, 3.05) is 6.61 Å². The van der Waals surface area contributed by atoms with Crippen molar-refractivity contribution in [2.45, 2.75) is 13.3 Å². The Morgan fingerprint density at radius 1 is 1.29 bits per heavy atom. The molecule has 0 aromatic heterocycles. The van der Waals surface area contributed by atoms with Gasteiger partial charge in [0.05, 0.1) is 13.0 Å². The van der Waals surface area contributed by atoms with Crippen molar-refractivity contribution in [1.29, 1.82) is 0 Å². The smallest absolute Gasteiger partial charge is 0.332 e. The number of hydrogen-bond acceptors (Lipinski definition) is 3. The van der Waals surface area contributed by atoms with E-state index in [2.05, 4.69) is 0 Å². The zero-order valence-corrected chi connectivity index (χ0v) is 9.55. The Morgan fingerprint density at radius 2 is 1.94 bits per heavy atom. The fourth-order valence-corrected chi connectivity index (χ4v) is 1.31. The highest BCUT2D eigenvalue weighted by molar-refractivity contribution is 5.97. The second-order valence-electron chi connectivity index (χ2n) is 3.37. The summed E-state index contributed by atoms with van der Waals surface area (Å²) in [6, 6.07) is 8.98. The van der Waals surface area contributed by atoms with E-state index in [1.54, 1.807) is 31.2 Å². The number of carboxylic acid groups (broad SMARTS) is 1. The van der Waals surface area contributed by atoms with E-state index in [-0.39, 0.29) is 18.6 Å². The van der Waals surface area contributed by atoms with Gasteiger partial charge in [-0.1, -0.05) is 30.3 Å². The Hall–Kier alpha value is -2.10. The molecule has 0 aliphatic carbocycles. The highest BCUT2D eigenvalue weighted by Gasteiger charge is 2.13. The van der Waals surface area contributed by atoms with Crippen LogP contribution in [0, 0.1) is 0 Å². The van der Waals surface area contributed by atoms with Gasteiger partial charge in [-0.2, -0.15) is 0 Å². The molecule has 1 rings (SSSR count). The topological polar surface area (TPSA) is 63.6 Å².